The van der Waals surface area contributed by atoms with Crippen LogP contribution in [0.1, 0.15) is 25.8 Å². The number of sulfonamides is 1. The number of benzene rings is 1. The van der Waals surface area contributed by atoms with Gasteiger partial charge >= 0.3 is 0 Å². The molecule has 0 aliphatic carbocycles. The molecule has 0 fully saturated rings. The van der Waals surface area contributed by atoms with Crippen molar-refractivity contribution in [2.24, 2.45) is 0 Å². The van der Waals surface area contributed by atoms with Gasteiger partial charge in [0, 0.05) is 13.1 Å². The highest BCUT2D eigenvalue weighted by Crippen LogP contribution is 2.18. The van der Waals surface area contributed by atoms with Crippen LogP contribution in [0.4, 0.5) is 5.69 Å². The van der Waals surface area contributed by atoms with E-state index in [-0.39, 0.29) is 4.90 Å². The van der Waals surface area contributed by atoms with Crippen molar-refractivity contribution in [3.8, 4) is 0 Å². The fourth-order valence-corrected chi connectivity index (χ4v) is 3.20. The van der Waals surface area contributed by atoms with Crippen LogP contribution in [0.15, 0.2) is 23.1 Å². The van der Waals surface area contributed by atoms with Gasteiger partial charge in [-0.25, -0.2) is 13.1 Å². The first-order valence-electron chi connectivity index (χ1n) is 6.98. The lowest BCUT2D eigenvalue weighted by Gasteiger charge is -2.19. The molecule has 0 bridgehead atoms. The van der Waals surface area contributed by atoms with E-state index in [2.05, 4.69) is 23.5 Å². The summed E-state index contributed by atoms with van der Waals surface area (Å²) in [4.78, 5) is 2.36. The molecule has 3 N–H and O–H groups in total. The SMILES string of the molecule is CCCN(CC)CCNS(=O)(=O)c1ccc(C)cc1N. The van der Waals surface area contributed by atoms with Gasteiger partial charge < -0.3 is 10.6 Å². The highest BCUT2D eigenvalue weighted by atomic mass is 32.2. The summed E-state index contributed by atoms with van der Waals surface area (Å²) in [6, 6.07) is 4.97. The monoisotopic (exact) mass is 299 g/mol. The van der Waals surface area contributed by atoms with Crippen molar-refractivity contribution in [2.75, 3.05) is 31.9 Å². The molecule has 0 aromatic heterocycles. The topological polar surface area (TPSA) is 75.4 Å². The Morgan fingerprint density at radius 3 is 2.50 bits per heavy atom. The van der Waals surface area contributed by atoms with E-state index in [1.54, 1.807) is 18.2 Å². The zero-order valence-corrected chi connectivity index (χ0v) is 13.3. The fourth-order valence-electron chi connectivity index (χ4n) is 2.07. The van der Waals surface area contributed by atoms with E-state index in [0.29, 0.717) is 18.8 Å². The van der Waals surface area contributed by atoms with E-state index in [1.807, 2.05) is 6.92 Å². The molecule has 114 valence electrons. The van der Waals surface area contributed by atoms with E-state index in [9.17, 15) is 8.42 Å². The lowest BCUT2D eigenvalue weighted by Crippen LogP contribution is -2.35. The molecule has 0 radical (unpaired) electrons. The van der Waals surface area contributed by atoms with Crippen LogP contribution < -0.4 is 10.5 Å². The van der Waals surface area contributed by atoms with Crippen molar-refractivity contribution in [3.05, 3.63) is 23.8 Å². The molecule has 0 aliphatic heterocycles. The average Bonchev–Trinajstić information content (AvgIpc) is 2.37. The molecule has 0 saturated carbocycles. The van der Waals surface area contributed by atoms with Crippen LogP contribution in [0.5, 0.6) is 0 Å². The smallest absolute Gasteiger partial charge is 0.242 e. The number of nitrogen functional groups attached to an aromatic ring is 1. The summed E-state index contributed by atoms with van der Waals surface area (Å²) in [7, 11) is -3.53. The van der Waals surface area contributed by atoms with Crippen LogP contribution in [0.25, 0.3) is 0 Å². The first-order valence-corrected chi connectivity index (χ1v) is 8.47. The van der Waals surface area contributed by atoms with Gasteiger partial charge in [-0.3, -0.25) is 0 Å². The van der Waals surface area contributed by atoms with Crippen molar-refractivity contribution in [1.29, 1.82) is 0 Å². The first kappa shape index (κ1) is 16.9. The maximum absolute atomic E-state index is 12.2. The molecule has 0 atom stereocenters. The summed E-state index contributed by atoms with van der Waals surface area (Å²) in [6.45, 7) is 9.05. The molecule has 0 spiro atoms. The summed E-state index contributed by atoms with van der Waals surface area (Å²) < 4.78 is 27.0. The summed E-state index contributed by atoms with van der Waals surface area (Å²) in [5, 5.41) is 0. The van der Waals surface area contributed by atoms with Gasteiger partial charge in [0.2, 0.25) is 10.0 Å². The molecule has 0 saturated heterocycles. The fraction of sp³-hybridized carbons (Fsp3) is 0.571. The van der Waals surface area contributed by atoms with Crippen molar-refractivity contribution < 1.29 is 8.42 Å². The summed E-state index contributed by atoms with van der Waals surface area (Å²) >= 11 is 0. The Balaban J connectivity index is 2.66. The average molecular weight is 299 g/mol. The Morgan fingerprint density at radius 1 is 1.25 bits per heavy atom. The van der Waals surface area contributed by atoms with Gasteiger partial charge in [0.1, 0.15) is 4.90 Å². The number of anilines is 1. The second kappa shape index (κ2) is 7.61. The van der Waals surface area contributed by atoms with Crippen LogP contribution in [-0.2, 0) is 10.0 Å². The number of hydrogen-bond acceptors (Lipinski definition) is 4. The third kappa shape index (κ3) is 4.77. The second-order valence-corrected chi connectivity index (χ2v) is 6.61. The van der Waals surface area contributed by atoms with Gasteiger partial charge in [0.05, 0.1) is 5.69 Å². The Morgan fingerprint density at radius 2 is 1.95 bits per heavy atom. The summed E-state index contributed by atoms with van der Waals surface area (Å²) in [6.07, 6.45) is 1.06. The van der Waals surface area contributed by atoms with Crippen LogP contribution in [0, 0.1) is 6.92 Å². The lowest BCUT2D eigenvalue weighted by molar-refractivity contribution is 0.293. The van der Waals surface area contributed by atoms with E-state index in [4.69, 9.17) is 5.73 Å². The highest BCUT2D eigenvalue weighted by molar-refractivity contribution is 7.89. The van der Waals surface area contributed by atoms with Crippen molar-refractivity contribution in [2.45, 2.75) is 32.1 Å². The maximum atomic E-state index is 12.2. The first-order chi connectivity index (χ1) is 9.40. The molecule has 1 aromatic rings. The number of nitrogens with two attached hydrogens (primary N) is 1. The van der Waals surface area contributed by atoms with E-state index >= 15 is 0 Å². The minimum atomic E-state index is -3.53. The minimum Gasteiger partial charge on any atom is -0.398 e. The van der Waals surface area contributed by atoms with Crippen molar-refractivity contribution in [3.63, 3.8) is 0 Å². The lowest BCUT2D eigenvalue weighted by atomic mass is 10.2. The number of hydrogen-bond donors (Lipinski definition) is 2. The van der Waals surface area contributed by atoms with Crippen LogP contribution in [0.3, 0.4) is 0 Å². The summed E-state index contributed by atoms with van der Waals surface area (Å²) in [5.41, 5.74) is 7.02. The van der Waals surface area contributed by atoms with Gasteiger partial charge in [0.15, 0.2) is 0 Å². The van der Waals surface area contributed by atoms with E-state index < -0.39 is 10.0 Å². The molecule has 1 aromatic carbocycles. The standard InChI is InChI=1S/C14H25N3O2S/c1-4-9-17(5-2)10-8-16-20(18,19)14-7-6-12(3)11-13(14)15/h6-7,11,16H,4-5,8-10,15H2,1-3H3. The number of aryl methyl sites for hydroxylation is 1. The van der Waals surface area contributed by atoms with Crippen molar-refractivity contribution in [1.82, 2.24) is 9.62 Å². The molecule has 0 heterocycles. The van der Waals surface area contributed by atoms with Gasteiger partial charge in [-0.2, -0.15) is 0 Å². The predicted molar refractivity (Wildman–Crippen MR) is 83.2 cm³/mol. The van der Waals surface area contributed by atoms with Crippen LogP contribution in [0.2, 0.25) is 0 Å². The number of nitrogens with zero attached hydrogens (tertiary/aromatic N) is 1. The molecule has 5 nitrogen and oxygen atoms in total. The molecule has 0 aliphatic rings. The van der Waals surface area contributed by atoms with Crippen LogP contribution in [-0.4, -0.2) is 39.5 Å². The normalized spacial score (nSPS) is 12.0. The second-order valence-electron chi connectivity index (χ2n) is 4.87. The predicted octanol–water partition coefficient (Wildman–Crippen LogP) is 1.59. The zero-order chi connectivity index (χ0) is 15.2. The summed E-state index contributed by atoms with van der Waals surface area (Å²) in [5.74, 6) is 0. The van der Waals surface area contributed by atoms with Gasteiger partial charge in [-0.15, -0.1) is 0 Å². The minimum absolute atomic E-state index is 0.154. The van der Waals surface area contributed by atoms with E-state index in [1.165, 1.54) is 0 Å². The number of likely N-dealkylation sites (N-methyl/N-ethyl adjacent to an activating group) is 1. The number of nitrogens with one attached hydrogen (secondary N) is 1. The molecule has 0 unspecified atom stereocenters. The molecule has 1 rings (SSSR count). The Labute approximate surface area is 122 Å². The highest BCUT2D eigenvalue weighted by Gasteiger charge is 2.17. The van der Waals surface area contributed by atoms with E-state index in [0.717, 1.165) is 25.1 Å². The molecule has 20 heavy (non-hydrogen) atoms. The molecular formula is C14H25N3O2S. The Hall–Kier alpha value is -1.11. The maximum Gasteiger partial charge on any atom is 0.242 e. The van der Waals surface area contributed by atoms with Crippen molar-refractivity contribution >= 4 is 15.7 Å². The molecular weight excluding hydrogens is 274 g/mol. The quantitative estimate of drug-likeness (QED) is 0.715. The Bertz CT molecular complexity index is 529. The third-order valence-corrected chi connectivity index (χ3v) is 4.70. The van der Waals surface area contributed by atoms with Crippen LogP contribution >= 0.6 is 0 Å². The van der Waals surface area contributed by atoms with Gasteiger partial charge in [0.25, 0.3) is 0 Å². The Kier molecular flexibility index (Phi) is 6.45. The van der Waals surface area contributed by atoms with Gasteiger partial charge in [-0.1, -0.05) is 19.9 Å². The van der Waals surface area contributed by atoms with Gasteiger partial charge in [-0.05, 0) is 44.1 Å². The molecule has 0 amide bonds. The largest absolute Gasteiger partial charge is 0.398 e. The number of rotatable bonds is 8. The molecule has 6 heteroatoms. The zero-order valence-electron chi connectivity index (χ0n) is 12.5. The third-order valence-electron chi connectivity index (χ3n) is 3.16.